The lowest BCUT2D eigenvalue weighted by molar-refractivity contribution is 0.157. The highest BCUT2D eigenvalue weighted by molar-refractivity contribution is 6.11. The van der Waals surface area contributed by atoms with Crippen LogP contribution in [0.5, 0.6) is 28.7 Å². The highest BCUT2D eigenvalue weighted by Gasteiger charge is 2.60. The summed E-state index contributed by atoms with van der Waals surface area (Å²) < 4.78 is 31.2. The average molecular weight is 665 g/mol. The number of ether oxygens (including phenoxy) is 5. The Labute approximate surface area is 294 Å². The molecule has 1 saturated carbocycles. The van der Waals surface area contributed by atoms with Crippen molar-refractivity contribution in [3.05, 3.63) is 118 Å². The molecule has 0 bridgehead atoms. The van der Waals surface area contributed by atoms with Gasteiger partial charge >= 0.3 is 0 Å². The fourth-order valence-corrected chi connectivity index (χ4v) is 9.74. The summed E-state index contributed by atoms with van der Waals surface area (Å²) in [5.74, 6) is 4.09. The SMILES string of the molecule is COc1ccc(C2(c3ccc(OC)cc3)C=Cc3c4c(c5c6c(c(OC)cc5c3O2)OCC6)-c2ccccc2C42CC(C)(C)C(C)(C)C2)cc1. The van der Waals surface area contributed by atoms with Gasteiger partial charge in [0.25, 0.3) is 0 Å². The highest BCUT2D eigenvalue weighted by atomic mass is 16.5. The van der Waals surface area contributed by atoms with E-state index in [2.05, 4.69) is 94.4 Å². The molecule has 0 amide bonds. The highest BCUT2D eigenvalue weighted by Crippen LogP contribution is 2.70. The van der Waals surface area contributed by atoms with Crippen molar-refractivity contribution in [2.75, 3.05) is 27.9 Å². The molecule has 4 aliphatic rings. The van der Waals surface area contributed by atoms with Crippen LogP contribution in [0.1, 0.15) is 73.9 Å². The molecule has 1 spiro atoms. The van der Waals surface area contributed by atoms with Crippen LogP contribution in [0, 0.1) is 10.8 Å². The Kier molecular flexibility index (Phi) is 6.57. The van der Waals surface area contributed by atoms with Crippen LogP contribution >= 0.6 is 0 Å². The van der Waals surface area contributed by atoms with Gasteiger partial charge in [-0.3, -0.25) is 0 Å². The smallest absolute Gasteiger partial charge is 0.178 e. The summed E-state index contributed by atoms with van der Waals surface area (Å²) in [6.45, 7) is 10.5. The minimum atomic E-state index is -0.914. The number of methoxy groups -OCH3 is 3. The van der Waals surface area contributed by atoms with E-state index in [-0.39, 0.29) is 16.2 Å². The van der Waals surface area contributed by atoms with Crippen molar-refractivity contribution < 1.29 is 23.7 Å². The number of hydrogen-bond donors (Lipinski definition) is 0. The van der Waals surface area contributed by atoms with Gasteiger partial charge in [-0.25, -0.2) is 0 Å². The Morgan fingerprint density at radius 3 is 1.92 bits per heavy atom. The first-order valence-corrected chi connectivity index (χ1v) is 17.7. The van der Waals surface area contributed by atoms with Crippen molar-refractivity contribution in [2.45, 2.75) is 58.0 Å². The van der Waals surface area contributed by atoms with Crippen LogP contribution < -0.4 is 23.7 Å². The van der Waals surface area contributed by atoms with Crippen LogP contribution in [-0.4, -0.2) is 27.9 Å². The van der Waals surface area contributed by atoms with Crippen molar-refractivity contribution in [3.63, 3.8) is 0 Å². The van der Waals surface area contributed by atoms with Gasteiger partial charge in [-0.2, -0.15) is 0 Å². The fraction of sp³-hybridized carbons (Fsp3) is 0.333. The van der Waals surface area contributed by atoms with E-state index in [1.807, 2.05) is 24.3 Å². The van der Waals surface area contributed by atoms with Crippen LogP contribution in [0.15, 0.2) is 84.9 Å². The molecule has 0 N–H and O–H groups in total. The zero-order valence-electron chi connectivity index (χ0n) is 30.0. The zero-order valence-corrected chi connectivity index (χ0v) is 30.0. The largest absolute Gasteiger partial charge is 0.497 e. The molecule has 5 aromatic carbocycles. The second kappa shape index (κ2) is 10.6. The van der Waals surface area contributed by atoms with E-state index in [4.69, 9.17) is 23.7 Å². The van der Waals surface area contributed by atoms with Crippen LogP contribution in [0.4, 0.5) is 0 Å². The summed E-state index contributed by atoms with van der Waals surface area (Å²) in [7, 11) is 5.13. The fourth-order valence-electron chi connectivity index (χ4n) is 9.74. The summed E-state index contributed by atoms with van der Waals surface area (Å²) in [6.07, 6.45) is 7.55. The summed E-state index contributed by atoms with van der Waals surface area (Å²) >= 11 is 0. The second-order valence-electron chi connectivity index (χ2n) is 15.8. The molecule has 0 saturated heterocycles. The van der Waals surface area contributed by atoms with Crippen molar-refractivity contribution in [2.24, 2.45) is 10.8 Å². The molecule has 5 nitrogen and oxygen atoms in total. The molecule has 0 atom stereocenters. The van der Waals surface area contributed by atoms with Crippen LogP contribution in [0.3, 0.4) is 0 Å². The Hall–Kier alpha value is -4.90. The lowest BCUT2D eigenvalue weighted by Gasteiger charge is -2.39. The van der Waals surface area contributed by atoms with E-state index >= 15 is 0 Å². The van der Waals surface area contributed by atoms with Gasteiger partial charge in [-0.1, -0.05) is 82.3 Å². The van der Waals surface area contributed by atoms with Gasteiger partial charge < -0.3 is 23.7 Å². The number of rotatable bonds is 5. The topological polar surface area (TPSA) is 46.2 Å². The van der Waals surface area contributed by atoms with E-state index in [1.165, 1.54) is 33.2 Å². The van der Waals surface area contributed by atoms with Crippen LogP contribution in [0.25, 0.3) is 28.0 Å². The Morgan fingerprint density at radius 2 is 1.32 bits per heavy atom. The Bertz CT molecular complexity index is 2160. The number of benzene rings is 5. The maximum absolute atomic E-state index is 7.68. The molecule has 2 aliphatic carbocycles. The van der Waals surface area contributed by atoms with E-state index in [1.54, 1.807) is 21.3 Å². The third-order valence-electron chi connectivity index (χ3n) is 12.7. The van der Waals surface area contributed by atoms with Crippen molar-refractivity contribution in [1.29, 1.82) is 0 Å². The normalized spacial score (nSPS) is 19.3. The molecule has 9 rings (SSSR count). The van der Waals surface area contributed by atoms with Crippen molar-refractivity contribution >= 4 is 16.8 Å². The van der Waals surface area contributed by atoms with Crippen LogP contribution in [0.2, 0.25) is 0 Å². The van der Waals surface area contributed by atoms with Gasteiger partial charge in [-0.15, -0.1) is 0 Å². The summed E-state index contributed by atoms with van der Waals surface area (Å²) in [5, 5.41) is 2.28. The minimum Gasteiger partial charge on any atom is -0.497 e. The molecule has 0 radical (unpaired) electrons. The lowest BCUT2D eigenvalue weighted by atomic mass is 9.71. The van der Waals surface area contributed by atoms with E-state index in [9.17, 15) is 0 Å². The molecule has 2 aliphatic heterocycles. The van der Waals surface area contributed by atoms with Gasteiger partial charge in [0.1, 0.15) is 17.2 Å². The molecule has 5 heteroatoms. The third kappa shape index (κ3) is 4.01. The van der Waals surface area contributed by atoms with Gasteiger partial charge in [-0.05, 0) is 82.3 Å². The summed E-state index contributed by atoms with van der Waals surface area (Å²) in [4.78, 5) is 0. The standard InChI is InChI=1S/C45H44O5/c1-42(2)25-44(26-43(42,3)4)35-11-9-8-10-31(35)38-37-32-21-23-49-41(32)36(48-7)24-34(37)40-33(39(38)44)20-22-45(50-40,27-12-16-29(46-5)17-13-27)28-14-18-30(47-6)19-15-28/h8-20,22,24H,21,23,25-26H2,1-7H3. The third-order valence-corrected chi connectivity index (χ3v) is 12.7. The zero-order chi connectivity index (χ0) is 34.6. The van der Waals surface area contributed by atoms with Crippen molar-refractivity contribution in [3.8, 4) is 39.9 Å². The number of hydrogen-bond acceptors (Lipinski definition) is 5. The molecule has 2 heterocycles. The van der Waals surface area contributed by atoms with Gasteiger partial charge in [0.05, 0.1) is 27.9 Å². The lowest BCUT2D eigenvalue weighted by Crippen LogP contribution is -2.35. The predicted molar refractivity (Wildman–Crippen MR) is 199 cm³/mol. The Morgan fingerprint density at radius 1 is 0.700 bits per heavy atom. The minimum absolute atomic E-state index is 0.115. The monoisotopic (exact) mass is 664 g/mol. The van der Waals surface area contributed by atoms with E-state index < -0.39 is 5.60 Å². The van der Waals surface area contributed by atoms with Crippen molar-refractivity contribution in [1.82, 2.24) is 0 Å². The molecular weight excluding hydrogens is 620 g/mol. The Balaban J connectivity index is 1.41. The molecular formula is C45H44O5. The van der Waals surface area contributed by atoms with E-state index in [0.29, 0.717) is 6.61 Å². The molecule has 5 aromatic rings. The molecule has 50 heavy (non-hydrogen) atoms. The summed E-state index contributed by atoms with van der Waals surface area (Å²) in [6, 6.07) is 27.8. The first kappa shape index (κ1) is 31.1. The van der Waals surface area contributed by atoms with Gasteiger partial charge in [0.2, 0.25) is 0 Å². The summed E-state index contributed by atoms with van der Waals surface area (Å²) in [5.41, 5.74) is 9.03. The first-order chi connectivity index (χ1) is 24.1. The maximum atomic E-state index is 7.68. The number of fused-ring (bicyclic) bond motifs is 12. The molecule has 0 aromatic heterocycles. The van der Waals surface area contributed by atoms with E-state index in [0.717, 1.165) is 70.1 Å². The molecule has 1 fully saturated rings. The predicted octanol–water partition coefficient (Wildman–Crippen LogP) is 10.3. The molecule has 0 unspecified atom stereocenters. The maximum Gasteiger partial charge on any atom is 0.178 e. The van der Waals surface area contributed by atoms with Gasteiger partial charge in [0, 0.05) is 44.9 Å². The second-order valence-corrected chi connectivity index (χ2v) is 15.8. The quantitative estimate of drug-likeness (QED) is 0.187. The first-order valence-electron chi connectivity index (χ1n) is 17.7. The van der Waals surface area contributed by atoms with Crippen LogP contribution in [-0.2, 0) is 17.4 Å². The van der Waals surface area contributed by atoms with Gasteiger partial charge in [0.15, 0.2) is 17.1 Å². The average Bonchev–Trinajstić information content (AvgIpc) is 3.78. The molecule has 254 valence electrons.